The van der Waals surface area contributed by atoms with E-state index in [4.69, 9.17) is 17.3 Å². The molecule has 18 heavy (non-hydrogen) atoms. The number of pyridine rings is 1. The first kappa shape index (κ1) is 13.2. The normalized spacial score (nSPS) is 12.3. The van der Waals surface area contributed by atoms with Crippen LogP contribution in [0, 0.1) is 0 Å². The highest BCUT2D eigenvalue weighted by Crippen LogP contribution is 2.28. The lowest BCUT2D eigenvalue weighted by Crippen LogP contribution is -2.10. The number of rotatable bonds is 5. The summed E-state index contributed by atoms with van der Waals surface area (Å²) in [5.41, 5.74) is 6.39. The van der Waals surface area contributed by atoms with E-state index in [1.165, 1.54) is 4.88 Å². The lowest BCUT2D eigenvalue weighted by molar-refractivity contribution is 0.685. The van der Waals surface area contributed by atoms with Gasteiger partial charge < -0.3 is 11.1 Å². The summed E-state index contributed by atoms with van der Waals surface area (Å²) < 4.78 is 0. The van der Waals surface area contributed by atoms with Crippen LogP contribution in [0.3, 0.4) is 0 Å². The number of aromatic nitrogens is 1. The van der Waals surface area contributed by atoms with Crippen molar-refractivity contribution in [3.05, 3.63) is 39.7 Å². The summed E-state index contributed by atoms with van der Waals surface area (Å²) in [4.78, 5) is 5.55. The SMILES string of the molecule is CCCC(Nc1cc(N)cc(Cl)n1)c1cccs1. The molecule has 96 valence electrons. The molecule has 0 amide bonds. The van der Waals surface area contributed by atoms with Crippen molar-refractivity contribution in [3.63, 3.8) is 0 Å². The van der Waals surface area contributed by atoms with Crippen molar-refractivity contribution in [2.75, 3.05) is 11.1 Å². The fraction of sp³-hybridized carbons (Fsp3) is 0.308. The van der Waals surface area contributed by atoms with Gasteiger partial charge in [0.1, 0.15) is 11.0 Å². The number of thiophene rings is 1. The summed E-state index contributed by atoms with van der Waals surface area (Å²) in [6.07, 6.45) is 2.15. The zero-order valence-corrected chi connectivity index (χ0v) is 11.8. The Bertz CT molecular complexity index is 479. The molecule has 1 atom stereocenters. The van der Waals surface area contributed by atoms with Gasteiger partial charge in [0.25, 0.3) is 0 Å². The van der Waals surface area contributed by atoms with Gasteiger partial charge in [-0.2, -0.15) is 0 Å². The van der Waals surface area contributed by atoms with Gasteiger partial charge in [0.2, 0.25) is 0 Å². The minimum atomic E-state index is 0.264. The molecular formula is C13H16ClN3S. The highest BCUT2D eigenvalue weighted by Gasteiger charge is 2.12. The lowest BCUT2D eigenvalue weighted by Gasteiger charge is -2.17. The maximum absolute atomic E-state index is 5.91. The largest absolute Gasteiger partial charge is 0.399 e. The van der Waals surface area contributed by atoms with E-state index in [1.54, 1.807) is 17.4 Å². The monoisotopic (exact) mass is 281 g/mol. The maximum atomic E-state index is 5.91. The third-order valence-electron chi connectivity index (χ3n) is 2.60. The predicted octanol–water partition coefficient (Wildman–Crippen LogP) is 4.33. The number of nitrogens with zero attached hydrogens (tertiary/aromatic N) is 1. The van der Waals surface area contributed by atoms with Crippen LogP contribution in [0.25, 0.3) is 0 Å². The van der Waals surface area contributed by atoms with Crippen molar-refractivity contribution in [3.8, 4) is 0 Å². The van der Waals surface area contributed by atoms with E-state index in [0.717, 1.165) is 18.7 Å². The van der Waals surface area contributed by atoms with Gasteiger partial charge in [-0.05, 0) is 23.9 Å². The molecule has 2 aromatic heterocycles. The molecule has 2 rings (SSSR count). The standard InChI is InChI=1S/C13H16ClN3S/c1-2-4-10(11-5-3-6-18-11)16-13-8-9(15)7-12(14)17-13/h3,5-8,10H,2,4H2,1H3,(H3,15,16,17). The first-order chi connectivity index (χ1) is 8.69. The smallest absolute Gasteiger partial charge is 0.133 e. The molecule has 0 bridgehead atoms. The van der Waals surface area contributed by atoms with E-state index in [0.29, 0.717) is 10.8 Å². The van der Waals surface area contributed by atoms with Crippen LogP contribution in [0.5, 0.6) is 0 Å². The Balaban J connectivity index is 2.18. The van der Waals surface area contributed by atoms with Crippen molar-refractivity contribution in [2.45, 2.75) is 25.8 Å². The third-order valence-corrected chi connectivity index (χ3v) is 3.78. The first-order valence-corrected chi connectivity index (χ1v) is 7.18. The second-order valence-electron chi connectivity index (χ2n) is 4.11. The molecule has 0 aliphatic rings. The Hall–Kier alpha value is -1.26. The van der Waals surface area contributed by atoms with E-state index in [1.807, 2.05) is 6.07 Å². The van der Waals surface area contributed by atoms with E-state index in [-0.39, 0.29) is 6.04 Å². The summed E-state index contributed by atoms with van der Waals surface area (Å²) in [6.45, 7) is 2.17. The number of hydrogen-bond donors (Lipinski definition) is 2. The van der Waals surface area contributed by atoms with Crippen LogP contribution < -0.4 is 11.1 Å². The molecule has 0 aliphatic heterocycles. The molecule has 5 heteroatoms. The van der Waals surface area contributed by atoms with Gasteiger partial charge >= 0.3 is 0 Å². The lowest BCUT2D eigenvalue weighted by atomic mass is 10.1. The molecule has 0 radical (unpaired) electrons. The molecule has 2 heterocycles. The van der Waals surface area contributed by atoms with Gasteiger partial charge in [0.15, 0.2) is 0 Å². The van der Waals surface area contributed by atoms with Gasteiger partial charge in [-0.1, -0.05) is 31.0 Å². The Labute approximate surface area is 116 Å². The molecule has 0 fully saturated rings. The average molecular weight is 282 g/mol. The second kappa shape index (κ2) is 6.07. The molecule has 0 aromatic carbocycles. The summed E-state index contributed by atoms with van der Waals surface area (Å²) in [5, 5.41) is 5.90. The van der Waals surface area contributed by atoms with Crippen LogP contribution >= 0.6 is 22.9 Å². The van der Waals surface area contributed by atoms with Crippen LogP contribution in [-0.4, -0.2) is 4.98 Å². The van der Waals surface area contributed by atoms with Gasteiger partial charge in [0, 0.05) is 16.6 Å². The van der Waals surface area contributed by atoms with E-state index < -0.39 is 0 Å². The molecule has 3 nitrogen and oxygen atoms in total. The number of nitrogen functional groups attached to an aromatic ring is 1. The van der Waals surface area contributed by atoms with Crippen LogP contribution in [0.1, 0.15) is 30.7 Å². The first-order valence-electron chi connectivity index (χ1n) is 5.92. The quantitative estimate of drug-likeness (QED) is 0.802. The van der Waals surface area contributed by atoms with Crippen molar-refractivity contribution >= 4 is 34.4 Å². The van der Waals surface area contributed by atoms with E-state index >= 15 is 0 Å². The second-order valence-corrected chi connectivity index (χ2v) is 5.48. The number of nitrogens with two attached hydrogens (primary N) is 1. The highest BCUT2D eigenvalue weighted by atomic mass is 35.5. The minimum Gasteiger partial charge on any atom is -0.399 e. The number of anilines is 2. The van der Waals surface area contributed by atoms with Gasteiger partial charge in [-0.25, -0.2) is 4.98 Å². The van der Waals surface area contributed by atoms with Crippen molar-refractivity contribution < 1.29 is 0 Å². The van der Waals surface area contributed by atoms with Crippen molar-refractivity contribution in [2.24, 2.45) is 0 Å². The predicted molar refractivity (Wildman–Crippen MR) is 79.3 cm³/mol. The van der Waals surface area contributed by atoms with Gasteiger partial charge in [-0.15, -0.1) is 11.3 Å². The molecular weight excluding hydrogens is 266 g/mol. The van der Waals surface area contributed by atoms with E-state index in [2.05, 4.69) is 34.7 Å². The van der Waals surface area contributed by atoms with Crippen LogP contribution in [0.4, 0.5) is 11.5 Å². The molecule has 0 spiro atoms. The fourth-order valence-corrected chi connectivity index (χ4v) is 2.86. The summed E-state index contributed by atoms with van der Waals surface area (Å²) in [6, 6.07) is 7.91. The van der Waals surface area contributed by atoms with Gasteiger partial charge in [0.05, 0.1) is 6.04 Å². The van der Waals surface area contributed by atoms with Gasteiger partial charge in [-0.3, -0.25) is 0 Å². The molecule has 3 N–H and O–H groups in total. The zero-order chi connectivity index (χ0) is 13.0. The Morgan fingerprint density at radius 2 is 2.33 bits per heavy atom. The van der Waals surface area contributed by atoms with Crippen molar-refractivity contribution in [1.29, 1.82) is 0 Å². The van der Waals surface area contributed by atoms with Crippen LogP contribution in [0.2, 0.25) is 5.15 Å². The summed E-state index contributed by atoms with van der Waals surface area (Å²) >= 11 is 7.65. The van der Waals surface area contributed by atoms with E-state index in [9.17, 15) is 0 Å². The van der Waals surface area contributed by atoms with Crippen LogP contribution in [0.15, 0.2) is 29.6 Å². The molecule has 2 aromatic rings. The molecule has 0 saturated carbocycles. The Morgan fingerprint density at radius 3 is 2.94 bits per heavy atom. The number of nitrogens with one attached hydrogen (secondary N) is 1. The topological polar surface area (TPSA) is 50.9 Å². The molecule has 0 aliphatic carbocycles. The Morgan fingerprint density at radius 1 is 1.50 bits per heavy atom. The molecule has 1 unspecified atom stereocenters. The summed E-state index contributed by atoms with van der Waals surface area (Å²) in [7, 11) is 0. The fourth-order valence-electron chi connectivity index (χ4n) is 1.83. The maximum Gasteiger partial charge on any atom is 0.133 e. The zero-order valence-electron chi connectivity index (χ0n) is 10.2. The number of hydrogen-bond acceptors (Lipinski definition) is 4. The van der Waals surface area contributed by atoms with Crippen molar-refractivity contribution in [1.82, 2.24) is 4.98 Å². The highest BCUT2D eigenvalue weighted by molar-refractivity contribution is 7.10. The summed E-state index contributed by atoms with van der Waals surface area (Å²) in [5.74, 6) is 0.729. The minimum absolute atomic E-state index is 0.264. The molecule has 0 saturated heterocycles. The average Bonchev–Trinajstić information content (AvgIpc) is 2.80. The third kappa shape index (κ3) is 3.37. The number of halogens is 1. The Kier molecular flexibility index (Phi) is 4.44. The van der Waals surface area contributed by atoms with Crippen LogP contribution in [-0.2, 0) is 0 Å².